The maximum absolute atomic E-state index is 11.7. The van der Waals surface area contributed by atoms with Crippen molar-refractivity contribution < 1.29 is 40.6 Å². The second-order valence-corrected chi connectivity index (χ2v) is 6.08. The van der Waals surface area contributed by atoms with Gasteiger partial charge in [0, 0.05) is 18.7 Å². The van der Waals surface area contributed by atoms with E-state index in [-0.39, 0.29) is 11.3 Å². The third-order valence-corrected chi connectivity index (χ3v) is 4.45. The van der Waals surface area contributed by atoms with Gasteiger partial charge in [0.05, 0.1) is 13.7 Å². The molecule has 7 atom stereocenters. The van der Waals surface area contributed by atoms with Crippen LogP contribution >= 0.6 is 0 Å². The van der Waals surface area contributed by atoms with E-state index in [1.54, 1.807) is 18.2 Å². The number of aliphatic carboxylic acids is 1. The highest BCUT2D eigenvalue weighted by molar-refractivity contribution is 5.86. The number of H-pyrrole nitrogens is 1. The van der Waals surface area contributed by atoms with Gasteiger partial charge in [-0.2, -0.15) is 0 Å². The molecule has 0 bridgehead atoms. The number of aliphatic hydroxyl groups is 4. The zero-order chi connectivity index (χ0) is 22.4. The first-order valence-electron chi connectivity index (χ1n) is 9.87. The third kappa shape index (κ3) is 3.20. The molecule has 0 radical (unpaired) electrons. The molecule has 0 saturated carbocycles. The van der Waals surface area contributed by atoms with E-state index < -0.39 is 61.2 Å². The second-order valence-electron chi connectivity index (χ2n) is 6.08. The molecule has 1 aromatic heterocycles. The normalized spacial score (nSPS) is 35.2. The molecule has 0 aliphatic carbocycles. The van der Waals surface area contributed by atoms with Gasteiger partial charge in [-0.1, -0.05) is 18.2 Å². The molecule has 1 aliphatic heterocycles. The number of fused-ring (bicyclic) bond motifs is 1. The lowest BCUT2D eigenvalue weighted by molar-refractivity contribution is -0.232. The summed E-state index contributed by atoms with van der Waals surface area (Å²) in [4.78, 5) is 14.6. The number of carboxylic acids is 1. The largest absolute Gasteiger partial charge is 0.480 e. The number of hydrogen-bond acceptors (Lipinski definition) is 7. The van der Waals surface area contributed by atoms with E-state index in [1.165, 1.54) is 6.07 Å². The smallest absolute Gasteiger partial charge is 0.320 e. The minimum Gasteiger partial charge on any atom is -0.480 e. The first-order chi connectivity index (χ1) is 14.0. The monoisotopic (exact) mass is 370 g/mol. The number of aliphatic hydroxyl groups excluding tert-OH is 4. The number of nitrogens with two attached hydrogens (primary N) is 1. The quantitative estimate of drug-likeness (QED) is 0.327. The van der Waals surface area contributed by atoms with E-state index in [2.05, 4.69) is 4.98 Å². The summed E-state index contributed by atoms with van der Waals surface area (Å²) in [6.07, 6.45) is -9.72. The van der Waals surface area contributed by atoms with Crippen molar-refractivity contribution in [1.82, 2.24) is 4.98 Å². The Hall–Kier alpha value is -2.01. The predicted octanol–water partition coefficient (Wildman–Crippen LogP) is -1.36. The van der Waals surface area contributed by atoms with E-state index in [1.807, 2.05) is 0 Å². The SMILES string of the molecule is [2H]C(c1c([C@H]2O[C@H](CO)[C@@H](O)[C@H](O)[C@@H]2O)[nH]c2ccccc12)[C@@]([2H])(C(=O)O)N([2H])[2H]. The van der Waals surface area contributed by atoms with Crippen LogP contribution in [0.3, 0.4) is 0 Å². The minimum atomic E-state index is -3.03. The molecule has 9 heteroatoms. The number of benzene rings is 1. The average Bonchev–Trinajstić information content (AvgIpc) is 3.09. The van der Waals surface area contributed by atoms with E-state index in [0.29, 0.717) is 10.9 Å². The molecule has 1 unspecified atom stereocenters. The van der Waals surface area contributed by atoms with Crippen LogP contribution in [0.25, 0.3) is 10.9 Å². The Morgan fingerprint density at radius 2 is 2.08 bits per heavy atom. The zero-order valence-corrected chi connectivity index (χ0v) is 13.5. The molecule has 1 saturated heterocycles. The van der Waals surface area contributed by atoms with Gasteiger partial charge in [-0.05, 0) is 11.6 Å². The van der Waals surface area contributed by atoms with Crippen molar-refractivity contribution in [3.05, 3.63) is 35.5 Å². The molecule has 2 aromatic rings. The topological polar surface area (TPSA) is 169 Å². The van der Waals surface area contributed by atoms with Crippen LogP contribution in [-0.4, -0.2) is 73.5 Å². The summed E-state index contributed by atoms with van der Waals surface area (Å²) in [5.74, 6) is -1.91. The maximum atomic E-state index is 11.7. The standard InChI is InChI=1S/C17H22N2O7/c18-9(17(24)25)5-8-7-3-1-2-4-10(7)19-12(8)16-15(23)14(22)13(21)11(6-20)26-16/h1-4,9,11,13-16,19-23H,5-6,18H2,(H,24,25)/t9-,11+,13+,14-,15-,16+/m0/s1/i5D,9D/hD2/t5?,9-,11+,13+,14-,15-,16+. The minimum absolute atomic E-state index is 0.0622. The Morgan fingerprint density at radius 3 is 2.73 bits per heavy atom. The average molecular weight is 370 g/mol. The molecule has 0 amide bonds. The summed E-state index contributed by atoms with van der Waals surface area (Å²) in [6, 6.07) is 3.31. The number of para-hydroxylation sites is 1. The van der Waals surface area contributed by atoms with Crippen LogP contribution in [0.1, 0.15) is 20.1 Å². The van der Waals surface area contributed by atoms with E-state index in [9.17, 15) is 30.3 Å². The van der Waals surface area contributed by atoms with Gasteiger partial charge in [0.2, 0.25) is 0 Å². The molecule has 8 N–H and O–H groups in total. The number of ether oxygens (including phenoxy) is 1. The molecule has 1 fully saturated rings. The lowest BCUT2D eigenvalue weighted by Gasteiger charge is -2.40. The molecular weight excluding hydrogens is 344 g/mol. The van der Waals surface area contributed by atoms with Gasteiger partial charge in [0.1, 0.15) is 39.4 Å². The van der Waals surface area contributed by atoms with Crippen molar-refractivity contribution >= 4 is 16.9 Å². The van der Waals surface area contributed by atoms with Gasteiger partial charge in [-0.25, -0.2) is 0 Å². The lowest BCUT2D eigenvalue weighted by Crippen LogP contribution is -2.55. The van der Waals surface area contributed by atoms with Crippen molar-refractivity contribution in [2.75, 3.05) is 6.61 Å². The van der Waals surface area contributed by atoms with E-state index in [4.69, 9.17) is 10.3 Å². The van der Waals surface area contributed by atoms with Crippen molar-refractivity contribution in [3.63, 3.8) is 0 Å². The van der Waals surface area contributed by atoms with Crippen LogP contribution < -0.4 is 5.72 Å². The second kappa shape index (κ2) is 7.31. The highest BCUT2D eigenvalue weighted by Crippen LogP contribution is 2.36. The number of aromatic amines is 1. The summed E-state index contributed by atoms with van der Waals surface area (Å²) in [5.41, 5.74) is -0.193. The van der Waals surface area contributed by atoms with Crippen LogP contribution in [0.5, 0.6) is 0 Å². The fourth-order valence-corrected chi connectivity index (χ4v) is 3.10. The highest BCUT2D eigenvalue weighted by Gasteiger charge is 2.45. The zero-order valence-electron chi connectivity index (χ0n) is 17.5. The van der Waals surface area contributed by atoms with Crippen LogP contribution in [0.2, 0.25) is 2.82 Å². The first kappa shape index (κ1) is 14.1. The Balaban J connectivity index is 2.21. The Bertz CT molecular complexity index is 927. The van der Waals surface area contributed by atoms with E-state index >= 15 is 0 Å². The number of carboxylic acid groups (broad SMARTS) is 1. The van der Waals surface area contributed by atoms with Crippen LogP contribution in [0, 0.1) is 0 Å². The highest BCUT2D eigenvalue weighted by atomic mass is 16.5. The number of hydrogen-bond donors (Lipinski definition) is 7. The maximum Gasteiger partial charge on any atom is 0.320 e. The molecular formula is C17H22N2O7. The van der Waals surface area contributed by atoms with Crippen molar-refractivity contribution in [3.8, 4) is 0 Å². The summed E-state index contributed by atoms with van der Waals surface area (Å²) in [7, 11) is 0. The third-order valence-electron chi connectivity index (χ3n) is 4.45. The molecule has 26 heavy (non-hydrogen) atoms. The summed E-state index contributed by atoms with van der Waals surface area (Å²) in [6.45, 7) is -0.688. The predicted molar refractivity (Wildman–Crippen MR) is 90.3 cm³/mol. The number of aromatic nitrogens is 1. The first-order valence-corrected chi connectivity index (χ1v) is 7.90. The number of carbonyl (C=O) groups is 1. The molecule has 2 heterocycles. The molecule has 1 aromatic carbocycles. The lowest BCUT2D eigenvalue weighted by atomic mass is 9.90. The Morgan fingerprint density at radius 1 is 1.35 bits per heavy atom. The van der Waals surface area contributed by atoms with Crippen LogP contribution in [-0.2, 0) is 15.9 Å². The molecule has 1 aliphatic rings. The van der Waals surface area contributed by atoms with Gasteiger partial charge >= 0.3 is 5.97 Å². The molecule has 142 valence electrons. The number of rotatable bonds is 6. The van der Waals surface area contributed by atoms with Gasteiger partial charge in [-0.15, -0.1) is 0 Å². The van der Waals surface area contributed by atoms with Crippen LogP contribution in [0.15, 0.2) is 24.3 Å². The number of nitrogens with one attached hydrogen (secondary N) is 1. The fourth-order valence-electron chi connectivity index (χ4n) is 3.10. The summed E-state index contributed by atoms with van der Waals surface area (Å²) < 4.78 is 36.9. The summed E-state index contributed by atoms with van der Waals surface area (Å²) >= 11 is 0. The molecule has 3 rings (SSSR count). The summed E-state index contributed by atoms with van der Waals surface area (Å²) in [5, 5.41) is 49.8. The van der Waals surface area contributed by atoms with Gasteiger partial charge < -0.3 is 41.0 Å². The van der Waals surface area contributed by atoms with Crippen molar-refractivity contribution in [1.29, 1.82) is 0 Å². The van der Waals surface area contributed by atoms with Gasteiger partial charge in [-0.3, -0.25) is 4.79 Å². The fraction of sp³-hybridized carbons (Fsp3) is 0.471. The van der Waals surface area contributed by atoms with Gasteiger partial charge in [0.15, 0.2) is 0 Å². The molecule has 0 spiro atoms. The van der Waals surface area contributed by atoms with Gasteiger partial charge in [0.25, 0.3) is 0 Å². The van der Waals surface area contributed by atoms with E-state index in [0.717, 1.165) is 0 Å². The Labute approximate surface area is 154 Å². The van der Waals surface area contributed by atoms with Crippen molar-refractivity contribution in [2.45, 2.75) is 42.9 Å². The van der Waals surface area contributed by atoms with Crippen LogP contribution in [0.4, 0.5) is 0 Å². The Kier molecular flexibility index (Phi) is 3.97. The molecule has 9 nitrogen and oxygen atoms in total. The van der Waals surface area contributed by atoms with Crippen molar-refractivity contribution in [2.24, 2.45) is 5.72 Å².